The van der Waals surface area contributed by atoms with Crippen LogP contribution < -0.4 is 5.32 Å². The normalized spacial score (nSPS) is 24.1. The van der Waals surface area contributed by atoms with E-state index in [0.717, 1.165) is 13.1 Å². The second-order valence-corrected chi connectivity index (χ2v) is 6.07. The Morgan fingerprint density at radius 1 is 1.50 bits per heavy atom. The fourth-order valence-electron chi connectivity index (χ4n) is 2.11. The first-order valence-corrected chi connectivity index (χ1v) is 6.61. The van der Waals surface area contributed by atoms with Crippen LogP contribution in [-0.2, 0) is 0 Å². The number of nitrogens with one attached hydrogen (secondary N) is 1. The SMILES string of the molecule is CC(=CCl)CN1CCCC1CNC(C)(C)C. The summed E-state index contributed by atoms with van der Waals surface area (Å²) in [7, 11) is 0. The minimum Gasteiger partial charge on any atom is -0.311 e. The first-order valence-electron chi connectivity index (χ1n) is 6.17. The third-order valence-corrected chi connectivity index (χ3v) is 3.38. The molecule has 0 spiro atoms. The van der Waals surface area contributed by atoms with Gasteiger partial charge >= 0.3 is 0 Å². The fourth-order valence-corrected chi connectivity index (χ4v) is 2.18. The number of likely N-dealkylation sites (tertiary alicyclic amines) is 1. The second-order valence-electron chi connectivity index (χ2n) is 5.85. The van der Waals surface area contributed by atoms with E-state index < -0.39 is 0 Å². The maximum absolute atomic E-state index is 5.72. The highest BCUT2D eigenvalue weighted by Gasteiger charge is 2.25. The van der Waals surface area contributed by atoms with Gasteiger partial charge in [0.05, 0.1) is 0 Å². The quantitative estimate of drug-likeness (QED) is 0.818. The molecule has 0 aromatic carbocycles. The summed E-state index contributed by atoms with van der Waals surface area (Å²) in [6.45, 7) is 12.1. The molecule has 1 aliphatic rings. The van der Waals surface area contributed by atoms with Crippen LogP contribution in [0.5, 0.6) is 0 Å². The molecule has 1 N–H and O–H groups in total. The number of nitrogens with zero attached hydrogens (tertiary/aromatic N) is 1. The second kappa shape index (κ2) is 6.04. The Morgan fingerprint density at radius 3 is 2.75 bits per heavy atom. The van der Waals surface area contributed by atoms with Gasteiger partial charge in [0.1, 0.15) is 0 Å². The molecule has 0 radical (unpaired) electrons. The van der Waals surface area contributed by atoms with Gasteiger partial charge in [-0.2, -0.15) is 0 Å². The molecule has 0 aliphatic carbocycles. The van der Waals surface area contributed by atoms with Crippen LogP contribution in [0.15, 0.2) is 11.1 Å². The average Bonchev–Trinajstić information content (AvgIpc) is 2.61. The van der Waals surface area contributed by atoms with Gasteiger partial charge in [0, 0.05) is 30.2 Å². The molecule has 1 aliphatic heterocycles. The molecular weight excluding hydrogens is 220 g/mol. The number of hydrogen-bond donors (Lipinski definition) is 1. The molecule has 3 heteroatoms. The Bertz CT molecular complexity index is 243. The van der Waals surface area contributed by atoms with Crippen LogP contribution in [-0.4, -0.2) is 36.1 Å². The van der Waals surface area contributed by atoms with Gasteiger partial charge in [-0.1, -0.05) is 11.6 Å². The van der Waals surface area contributed by atoms with Crippen molar-refractivity contribution in [2.75, 3.05) is 19.6 Å². The van der Waals surface area contributed by atoms with Gasteiger partial charge in [-0.15, -0.1) is 0 Å². The van der Waals surface area contributed by atoms with E-state index >= 15 is 0 Å². The molecule has 1 rings (SSSR count). The van der Waals surface area contributed by atoms with Crippen molar-refractivity contribution in [2.45, 2.75) is 52.1 Å². The van der Waals surface area contributed by atoms with Gasteiger partial charge in [0.25, 0.3) is 0 Å². The maximum Gasteiger partial charge on any atom is 0.0224 e. The van der Waals surface area contributed by atoms with Crippen molar-refractivity contribution >= 4 is 11.6 Å². The molecule has 0 saturated carbocycles. The van der Waals surface area contributed by atoms with Crippen LogP contribution in [0.1, 0.15) is 40.5 Å². The molecule has 1 atom stereocenters. The molecule has 0 aromatic heterocycles. The molecule has 0 bridgehead atoms. The van der Waals surface area contributed by atoms with Gasteiger partial charge in [0.15, 0.2) is 0 Å². The van der Waals surface area contributed by atoms with Crippen molar-refractivity contribution < 1.29 is 0 Å². The minimum absolute atomic E-state index is 0.214. The van der Waals surface area contributed by atoms with Crippen molar-refractivity contribution in [3.63, 3.8) is 0 Å². The third kappa shape index (κ3) is 4.86. The van der Waals surface area contributed by atoms with Crippen LogP contribution in [0.2, 0.25) is 0 Å². The maximum atomic E-state index is 5.72. The summed E-state index contributed by atoms with van der Waals surface area (Å²) in [6.07, 6.45) is 2.62. The monoisotopic (exact) mass is 244 g/mol. The molecule has 2 nitrogen and oxygen atoms in total. The van der Waals surface area contributed by atoms with Crippen molar-refractivity contribution in [1.29, 1.82) is 0 Å². The van der Waals surface area contributed by atoms with E-state index in [9.17, 15) is 0 Å². The lowest BCUT2D eigenvalue weighted by Gasteiger charge is -2.29. The van der Waals surface area contributed by atoms with E-state index in [-0.39, 0.29) is 5.54 Å². The predicted molar refractivity (Wildman–Crippen MR) is 72.0 cm³/mol. The van der Waals surface area contributed by atoms with Crippen LogP contribution >= 0.6 is 11.6 Å². The lowest BCUT2D eigenvalue weighted by molar-refractivity contribution is 0.250. The number of hydrogen-bond acceptors (Lipinski definition) is 2. The standard InChI is InChI=1S/C13H25ClN2/c1-11(8-14)10-16-7-5-6-12(16)9-15-13(2,3)4/h8,12,15H,5-7,9-10H2,1-4H3. The van der Waals surface area contributed by atoms with E-state index in [1.54, 1.807) is 5.54 Å². The van der Waals surface area contributed by atoms with Crippen molar-refractivity contribution in [3.05, 3.63) is 11.1 Å². The van der Waals surface area contributed by atoms with Crippen LogP contribution in [0.4, 0.5) is 0 Å². The van der Waals surface area contributed by atoms with E-state index in [1.807, 2.05) is 0 Å². The summed E-state index contributed by atoms with van der Waals surface area (Å²) >= 11 is 5.72. The molecule has 0 amide bonds. The molecule has 16 heavy (non-hydrogen) atoms. The highest BCUT2D eigenvalue weighted by atomic mass is 35.5. The highest BCUT2D eigenvalue weighted by molar-refractivity contribution is 6.25. The van der Waals surface area contributed by atoms with Crippen molar-refractivity contribution in [1.82, 2.24) is 10.2 Å². The Labute approximate surface area is 105 Å². The Kier molecular flexibility index (Phi) is 5.29. The van der Waals surface area contributed by atoms with Crippen LogP contribution in [0, 0.1) is 0 Å². The fraction of sp³-hybridized carbons (Fsp3) is 0.846. The van der Waals surface area contributed by atoms with Gasteiger partial charge in [-0.3, -0.25) is 4.90 Å². The average molecular weight is 245 g/mol. The van der Waals surface area contributed by atoms with E-state index in [4.69, 9.17) is 11.6 Å². The summed E-state index contributed by atoms with van der Waals surface area (Å²) in [6, 6.07) is 0.672. The topological polar surface area (TPSA) is 15.3 Å². The predicted octanol–water partition coefficient (Wildman–Crippen LogP) is 2.98. The molecule has 94 valence electrons. The first kappa shape index (κ1) is 14.0. The van der Waals surface area contributed by atoms with Gasteiger partial charge < -0.3 is 5.32 Å². The molecule has 0 aromatic rings. The summed E-state index contributed by atoms with van der Waals surface area (Å²) in [4.78, 5) is 2.53. The molecule has 1 saturated heterocycles. The summed E-state index contributed by atoms with van der Waals surface area (Å²) in [5.74, 6) is 0. The van der Waals surface area contributed by atoms with Crippen molar-refractivity contribution in [2.24, 2.45) is 0 Å². The largest absolute Gasteiger partial charge is 0.311 e. The summed E-state index contributed by atoms with van der Waals surface area (Å²) in [5.41, 5.74) is 3.17. The summed E-state index contributed by atoms with van der Waals surface area (Å²) < 4.78 is 0. The van der Waals surface area contributed by atoms with Gasteiger partial charge in [-0.05, 0) is 52.7 Å². The number of rotatable bonds is 4. The lowest BCUT2D eigenvalue weighted by Crippen LogP contribution is -2.45. The Morgan fingerprint density at radius 2 is 2.19 bits per heavy atom. The first-order chi connectivity index (χ1) is 7.42. The van der Waals surface area contributed by atoms with Gasteiger partial charge in [-0.25, -0.2) is 0 Å². The molecule has 1 fully saturated rings. The number of halogens is 1. The minimum atomic E-state index is 0.214. The van der Waals surface area contributed by atoms with Crippen LogP contribution in [0.25, 0.3) is 0 Å². The van der Waals surface area contributed by atoms with Gasteiger partial charge in [0.2, 0.25) is 0 Å². The molecule has 1 unspecified atom stereocenters. The van der Waals surface area contributed by atoms with Crippen LogP contribution in [0.3, 0.4) is 0 Å². The lowest BCUT2D eigenvalue weighted by atomic mass is 10.1. The van der Waals surface area contributed by atoms with E-state index in [2.05, 4.69) is 37.9 Å². The molecule has 1 heterocycles. The highest BCUT2D eigenvalue weighted by Crippen LogP contribution is 2.18. The smallest absolute Gasteiger partial charge is 0.0224 e. The third-order valence-electron chi connectivity index (χ3n) is 3.01. The van der Waals surface area contributed by atoms with E-state index in [1.165, 1.54) is 25.0 Å². The Hall–Kier alpha value is -0.0500. The zero-order valence-corrected chi connectivity index (χ0v) is 11.8. The molecular formula is C13H25ClN2. The van der Waals surface area contributed by atoms with E-state index in [0.29, 0.717) is 6.04 Å². The zero-order chi connectivity index (χ0) is 12.2. The summed E-state index contributed by atoms with van der Waals surface area (Å²) in [5, 5.41) is 3.59. The Balaban J connectivity index is 2.40. The van der Waals surface area contributed by atoms with Crippen molar-refractivity contribution in [3.8, 4) is 0 Å². The zero-order valence-electron chi connectivity index (χ0n) is 11.0.